The molecule has 0 aliphatic carbocycles. The van der Waals surface area contributed by atoms with Gasteiger partial charge in [-0.3, -0.25) is 4.99 Å². The summed E-state index contributed by atoms with van der Waals surface area (Å²) in [5.74, 6) is 2.43. The van der Waals surface area contributed by atoms with Crippen LogP contribution in [0, 0.1) is 13.8 Å². The number of hydrogen-bond donors (Lipinski definition) is 1. The van der Waals surface area contributed by atoms with E-state index in [2.05, 4.69) is 31.2 Å². The molecule has 1 aliphatic heterocycles. The van der Waals surface area contributed by atoms with Crippen molar-refractivity contribution in [2.45, 2.75) is 20.4 Å². The van der Waals surface area contributed by atoms with Crippen molar-refractivity contribution in [2.75, 3.05) is 38.1 Å². The Labute approximate surface area is 176 Å². The van der Waals surface area contributed by atoms with Crippen LogP contribution in [-0.2, 0) is 6.54 Å². The van der Waals surface area contributed by atoms with Crippen LogP contribution in [0.1, 0.15) is 17.3 Å². The molecule has 1 N–H and O–H groups in total. The van der Waals surface area contributed by atoms with Gasteiger partial charge < -0.3 is 19.5 Å². The largest absolute Gasteiger partial charge is 0.444 e. The van der Waals surface area contributed by atoms with Gasteiger partial charge in [0.25, 0.3) is 0 Å². The summed E-state index contributed by atoms with van der Waals surface area (Å²) < 4.78 is 5.61. The number of nitrogens with zero attached hydrogens (tertiary/aromatic N) is 4. The summed E-state index contributed by atoms with van der Waals surface area (Å²) >= 11 is 6.10. The molecule has 26 heavy (non-hydrogen) atoms. The van der Waals surface area contributed by atoms with Crippen LogP contribution >= 0.6 is 35.6 Å². The summed E-state index contributed by atoms with van der Waals surface area (Å²) in [6.45, 7) is 8.07. The molecular formula is C18H25ClIN5O. The number of aliphatic imine (C=N–C) groups is 1. The maximum atomic E-state index is 6.10. The minimum absolute atomic E-state index is 0. The van der Waals surface area contributed by atoms with Crippen molar-refractivity contribution in [1.82, 2.24) is 15.2 Å². The molecule has 2 aromatic rings. The number of nitrogens with one attached hydrogen (secondary N) is 1. The van der Waals surface area contributed by atoms with Crippen molar-refractivity contribution >= 4 is 47.2 Å². The van der Waals surface area contributed by atoms with E-state index in [9.17, 15) is 0 Å². The summed E-state index contributed by atoms with van der Waals surface area (Å²) in [5, 5.41) is 4.11. The quantitative estimate of drug-likeness (QED) is 0.407. The standard InChI is InChI=1S/C18H24ClN5O.HI/c1-13-14(2)25-17(22-13)12-21-18(20-3)24-9-7-23(8-10-24)16-6-4-5-15(19)11-16;/h4-6,11H,7-10,12H2,1-3H3,(H,20,21);1H. The van der Waals surface area contributed by atoms with Crippen LogP contribution in [0.2, 0.25) is 5.02 Å². The van der Waals surface area contributed by atoms with E-state index in [-0.39, 0.29) is 24.0 Å². The highest BCUT2D eigenvalue weighted by Crippen LogP contribution is 2.20. The molecule has 1 saturated heterocycles. The molecule has 6 nitrogen and oxygen atoms in total. The van der Waals surface area contributed by atoms with Crippen molar-refractivity contribution in [3.8, 4) is 0 Å². The second-order valence-electron chi connectivity index (χ2n) is 6.10. The minimum atomic E-state index is 0. The van der Waals surface area contributed by atoms with Crippen molar-refractivity contribution in [3.05, 3.63) is 46.6 Å². The Bertz CT molecular complexity index is 736. The van der Waals surface area contributed by atoms with Gasteiger partial charge in [0.15, 0.2) is 5.96 Å². The van der Waals surface area contributed by atoms with E-state index in [1.54, 1.807) is 7.05 Å². The minimum Gasteiger partial charge on any atom is -0.444 e. The molecule has 0 bridgehead atoms. The molecule has 8 heteroatoms. The zero-order chi connectivity index (χ0) is 17.8. The van der Waals surface area contributed by atoms with Gasteiger partial charge in [0.1, 0.15) is 5.76 Å². The van der Waals surface area contributed by atoms with Gasteiger partial charge in [-0.25, -0.2) is 4.98 Å². The normalized spacial score (nSPS) is 15.0. The third kappa shape index (κ3) is 5.03. The molecule has 3 rings (SSSR count). The Balaban J connectivity index is 0.00000243. The predicted octanol–water partition coefficient (Wildman–Crippen LogP) is 3.46. The van der Waals surface area contributed by atoms with Gasteiger partial charge >= 0.3 is 0 Å². The van der Waals surface area contributed by atoms with Crippen LogP contribution < -0.4 is 10.2 Å². The molecule has 1 aromatic carbocycles. The van der Waals surface area contributed by atoms with E-state index in [4.69, 9.17) is 16.0 Å². The monoisotopic (exact) mass is 489 g/mol. The molecule has 0 atom stereocenters. The van der Waals surface area contributed by atoms with Crippen LogP contribution in [0.5, 0.6) is 0 Å². The van der Waals surface area contributed by atoms with E-state index >= 15 is 0 Å². The number of oxazole rings is 1. The highest BCUT2D eigenvalue weighted by atomic mass is 127. The number of aryl methyl sites for hydroxylation is 2. The second kappa shape index (κ2) is 9.45. The van der Waals surface area contributed by atoms with Crippen LogP contribution in [-0.4, -0.2) is 49.1 Å². The molecule has 1 aromatic heterocycles. The van der Waals surface area contributed by atoms with Crippen molar-refractivity contribution in [1.29, 1.82) is 0 Å². The van der Waals surface area contributed by atoms with Crippen LogP contribution in [0.3, 0.4) is 0 Å². The fourth-order valence-electron chi connectivity index (χ4n) is 2.95. The van der Waals surface area contributed by atoms with Crippen LogP contribution in [0.15, 0.2) is 33.7 Å². The van der Waals surface area contributed by atoms with Gasteiger partial charge in [-0.15, -0.1) is 24.0 Å². The Morgan fingerprint density at radius 1 is 1.27 bits per heavy atom. The first-order valence-electron chi connectivity index (χ1n) is 8.46. The molecule has 1 fully saturated rings. The van der Waals surface area contributed by atoms with Crippen LogP contribution in [0.25, 0.3) is 0 Å². The first-order valence-corrected chi connectivity index (χ1v) is 8.83. The van der Waals surface area contributed by atoms with Gasteiger partial charge in [0, 0.05) is 43.9 Å². The van der Waals surface area contributed by atoms with Gasteiger partial charge in [-0.2, -0.15) is 0 Å². The molecule has 0 spiro atoms. The van der Waals surface area contributed by atoms with Crippen molar-refractivity contribution in [3.63, 3.8) is 0 Å². The fourth-order valence-corrected chi connectivity index (χ4v) is 3.14. The Morgan fingerprint density at radius 2 is 2.00 bits per heavy atom. The van der Waals surface area contributed by atoms with E-state index in [1.807, 2.05) is 32.0 Å². The molecule has 2 heterocycles. The van der Waals surface area contributed by atoms with E-state index in [0.29, 0.717) is 12.4 Å². The predicted molar refractivity (Wildman–Crippen MR) is 117 cm³/mol. The molecule has 0 saturated carbocycles. The van der Waals surface area contributed by atoms with Crippen LogP contribution in [0.4, 0.5) is 5.69 Å². The third-order valence-electron chi connectivity index (χ3n) is 4.43. The number of rotatable bonds is 3. The zero-order valence-electron chi connectivity index (χ0n) is 15.3. The van der Waals surface area contributed by atoms with Gasteiger partial charge in [0.05, 0.1) is 12.2 Å². The van der Waals surface area contributed by atoms with Crippen molar-refractivity contribution < 1.29 is 4.42 Å². The topological polar surface area (TPSA) is 56.9 Å². The van der Waals surface area contributed by atoms with E-state index in [1.165, 1.54) is 5.69 Å². The summed E-state index contributed by atoms with van der Waals surface area (Å²) in [6.07, 6.45) is 0. The van der Waals surface area contributed by atoms with Gasteiger partial charge in [-0.05, 0) is 32.0 Å². The first-order chi connectivity index (χ1) is 12.1. The molecule has 0 radical (unpaired) electrons. The maximum absolute atomic E-state index is 6.10. The Morgan fingerprint density at radius 3 is 2.58 bits per heavy atom. The number of hydrogen-bond acceptors (Lipinski definition) is 4. The fraction of sp³-hybridized carbons (Fsp3) is 0.444. The number of halogens is 2. The second-order valence-corrected chi connectivity index (χ2v) is 6.54. The molecule has 142 valence electrons. The van der Waals surface area contributed by atoms with E-state index in [0.717, 1.165) is 48.6 Å². The highest BCUT2D eigenvalue weighted by molar-refractivity contribution is 14.0. The SMILES string of the molecule is CN=C(NCc1nc(C)c(C)o1)N1CCN(c2cccc(Cl)c2)CC1.I. The Hall–Kier alpha value is -1.48. The molecular weight excluding hydrogens is 465 g/mol. The van der Waals surface area contributed by atoms with E-state index < -0.39 is 0 Å². The summed E-state index contributed by atoms with van der Waals surface area (Å²) in [6, 6.07) is 8.00. The van der Waals surface area contributed by atoms with Crippen molar-refractivity contribution in [2.24, 2.45) is 4.99 Å². The summed E-state index contributed by atoms with van der Waals surface area (Å²) in [7, 11) is 1.80. The Kier molecular flexibility index (Phi) is 7.57. The van der Waals surface area contributed by atoms with Gasteiger partial charge in [-0.1, -0.05) is 17.7 Å². The average molecular weight is 490 g/mol. The molecule has 0 unspecified atom stereocenters. The lowest BCUT2D eigenvalue weighted by Gasteiger charge is -2.37. The molecule has 0 amide bonds. The molecule has 1 aliphatic rings. The lowest BCUT2D eigenvalue weighted by molar-refractivity contribution is 0.368. The number of piperazine rings is 1. The summed E-state index contributed by atoms with van der Waals surface area (Å²) in [5.41, 5.74) is 2.10. The van der Waals surface area contributed by atoms with Gasteiger partial charge in [0.2, 0.25) is 5.89 Å². The third-order valence-corrected chi connectivity index (χ3v) is 4.67. The number of guanidine groups is 1. The maximum Gasteiger partial charge on any atom is 0.214 e. The number of anilines is 1. The number of benzene rings is 1. The smallest absolute Gasteiger partial charge is 0.214 e. The lowest BCUT2D eigenvalue weighted by Crippen LogP contribution is -2.52. The first kappa shape index (κ1) is 20.8. The summed E-state index contributed by atoms with van der Waals surface area (Å²) in [4.78, 5) is 13.4. The average Bonchev–Trinajstić information content (AvgIpc) is 2.94. The lowest BCUT2D eigenvalue weighted by atomic mass is 10.2. The zero-order valence-corrected chi connectivity index (χ0v) is 18.4. The highest BCUT2D eigenvalue weighted by Gasteiger charge is 2.20. The number of aromatic nitrogens is 1.